The van der Waals surface area contributed by atoms with Gasteiger partial charge in [0, 0.05) is 31.9 Å². The predicted molar refractivity (Wildman–Crippen MR) is 126 cm³/mol. The highest BCUT2D eigenvalue weighted by Crippen LogP contribution is 2.07. The molecule has 7 heteroatoms. The lowest BCUT2D eigenvalue weighted by atomic mass is 10.1. The van der Waals surface area contributed by atoms with Crippen LogP contribution in [0.2, 0.25) is 0 Å². The van der Waals surface area contributed by atoms with Gasteiger partial charge in [-0.25, -0.2) is 4.99 Å². The molecule has 1 aromatic carbocycles. The molecule has 0 aliphatic rings. The van der Waals surface area contributed by atoms with Gasteiger partial charge in [0.2, 0.25) is 0 Å². The van der Waals surface area contributed by atoms with Crippen molar-refractivity contribution < 1.29 is 4.74 Å². The van der Waals surface area contributed by atoms with E-state index in [1.165, 1.54) is 16.8 Å². The minimum atomic E-state index is 0. The van der Waals surface area contributed by atoms with E-state index in [0.29, 0.717) is 13.2 Å². The van der Waals surface area contributed by atoms with E-state index in [2.05, 4.69) is 69.6 Å². The van der Waals surface area contributed by atoms with Crippen molar-refractivity contribution >= 4 is 29.9 Å². The van der Waals surface area contributed by atoms with E-state index in [0.717, 1.165) is 44.3 Å². The Hall–Kier alpha value is -1.61. The first-order valence-corrected chi connectivity index (χ1v) is 9.81. The zero-order chi connectivity index (χ0) is 19.5. The molecule has 0 radical (unpaired) electrons. The molecule has 1 heterocycles. The highest BCUT2D eigenvalue weighted by Gasteiger charge is 2.02. The van der Waals surface area contributed by atoms with Gasteiger partial charge < -0.3 is 15.4 Å². The summed E-state index contributed by atoms with van der Waals surface area (Å²) in [5, 5.41) is 11.2. The van der Waals surface area contributed by atoms with Gasteiger partial charge in [-0.2, -0.15) is 5.10 Å². The van der Waals surface area contributed by atoms with Gasteiger partial charge in [-0.05, 0) is 51.3 Å². The fraction of sp³-hybridized carbons (Fsp3) is 0.524. The fourth-order valence-electron chi connectivity index (χ4n) is 2.81. The Morgan fingerprint density at radius 2 is 1.82 bits per heavy atom. The second-order valence-electron chi connectivity index (χ2n) is 6.58. The summed E-state index contributed by atoms with van der Waals surface area (Å²) in [7, 11) is 0. The molecule has 0 spiro atoms. The SMILES string of the molecule is CCNC(=NCc1ccc(COCC)cc1)NCCCn1nc(C)cc1C.I. The highest BCUT2D eigenvalue weighted by molar-refractivity contribution is 14.0. The van der Waals surface area contributed by atoms with Crippen molar-refractivity contribution in [2.24, 2.45) is 4.99 Å². The third-order valence-electron chi connectivity index (χ3n) is 4.20. The van der Waals surface area contributed by atoms with Gasteiger partial charge in [0.15, 0.2) is 5.96 Å². The average molecular weight is 499 g/mol. The molecule has 0 unspecified atom stereocenters. The maximum atomic E-state index is 5.43. The largest absolute Gasteiger partial charge is 0.377 e. The first kappa shape index (κ1) is 24.4. The first-order valence-electron chi connectivity index (χ1n) is 9.81. The maximum Gasteiger partial charge on any atom is 0.191 e. The van der Waals surface area contributed by atoms with Crippen molar-refractivity contribution in [1.29, 1.82) is 0 Å². The molecule has 0 saturated heterocycles. The quantitative estimate of drug-likeness (QED) is 0.226. The van der Waals surface area contributed by atoms with Gasteiger partial charge in [0.25, 0.3) is 0 Å². The molecule has 0 bridgehead atoms. The van der Waals surface area contributed by atoms with Gasteiger partial charge in [0.1, 0.15) is 0 Å². The number of hydrogen-bond acceptors (Lipinski definition) is 3. The van der Waals surface area contributed by atoms with Gasteiger partial charge >= 0.3 is 0 Å². The lowest BCUT2D eigenvalue weighted by molar-refractivity contribution is 0.134. The summed E-state index contributed by atoms with van der Waals surface area (Å²) in [4.78, 5) is 4.68. The van der Waals surface area contributed by atoms with Crippen LogP contribution in [0.5, 0.6) is 0 Å². The molecule has 0 aliphatic heterocycles. The topological polar surface area (TPSA) is 63.5 Å². The number of rotatable bonds is 10. The van der Waals surface area contributed by atoms with E-state index in [9.17, 15) is 0 Å². The van der Waals surface area contributed by atoms with Crippen molar-refractivity contribution in [3.05, 3.63) is 52.8 Å². The Morgan fingerprint density at radius 3 is 2.43 bits per heavy atom. The number of aryl methyl sites for hydroxylation is 3. The number of aliphatic imine (C=N–C) groups is 1. The smallest absolute Gasteiger partial charge is 0.191 e. The average Bonchev–Trinajstić information content (AvgIpc) is 2.99. The summed E-state index contributed by atoms with van der Waals surface area (Å²) in [6.07, 6.45) is 0.999. The summed E-state index contributed by atoms with van der Waals surface area (Å²) in [6, 6.07) is 10.6. The standard InChI is InChI=1S/C21H33N5O.HI/c1-5-22-21(23-12-7-13-26-18(4)14-17(3)25-26)24-15-19-8-10-20(11-9-19)16-27-6-2;/h8-11,14H,5-7,12-13,15-16H2,1-4H3,(H2,22,23,24);1H. The number of nitrogens with zero attached hydrogens (tertiary/aromatic N) is 3. The minimum Gasteiger partial charge on any atom is -0.377 e. The zero-order valence-electron chi connectivity index (χ0n) is 17.5. The maximum absolute atomic E-state index is 5.43. The monoisotopic (exact) mass is 499 g/mol. The van der Waals surface area contributed by atoms with Crippen LogP contribution in [0.4, 0.5) is 0 Å². The first-order chi connectivity index (χ1) is 13.1. The molecule has 2 rings (SSSR count). The van der Waals surface area contributed by atoms with E-state index >= 15 is 0 Å². The van der Waals surface area contributed by atoms with Crippen molar-refractivity contribution in [2.45, 2.75) is 53.8 Å². The molecule has 1 aromatic heterocycles. The molecule has 6 nitrogen and oxygen atoms in total. The number of halogens is 1. The number of nitrogens with one attached hydrogen (secondary N) is 2. The van der Waals surface area contributed by atoms with Crippen LogP contribution in [0.1, 0.15) is 42.8 Å². The van der Waals surface area contributed by atoms with Crippen LogP contribution in [0, 0.1) is 13.8 Å². The van der Waals surface area contributed by atoms with Crippen LogP contribution in [-0.4, -0.2) is 35.4 Å². The summed E-state index contributed by atoms with van der Waals surface area (Å²) in [5.74, 6) is 0.851. The number of benzene rings is 1. The van der Waals surface area contributed by atoms with Crippen LogP contribution >= 0.6 is 24.0 Å². The number of hydrogen-bond donors (Lipinski definition) is 2. The van der Waals surface area contributed by atoms with Crippen molar-refractivity contribution in [2.75, 3.05) is 19.7 Å². The van der Waals surface area contributed by atoms with Gasteiger partial charge in [-0.3, -0.25) is 4.68 Å². The van der Waals surface area contributed by atoms with E-state index in [1.807, 2.05) is 13.8 Å². The van der Waals surface area contributed by atoms with Crippen LogP contribution < -0.4 is 10.6 Å². The van der Waals surface area contributed by atoms with Crippen LogP contribution in [0.3, 0.4) is 0 Å². The molecule has 2 N–H and O–H groups in total. The van der Waals surface area contributed by atoms with E-state index in [4.69, 9.17) is 4.74 Å². The molecule has 0 saturated carbocycles. The Morgan fingerprint density at radius 1 is 1.11 bits per heavy atom. The van der Waals surface area contributed by atoms with Gasteiger partial charge in [-0.1, -0.05) is 24.3 Å². The van der Waals surface area contributed by atoms with Gasteiger partial charge in [-0.15, -0.1) is 24.0 Å². The molecule has 0 fully saturated rings. The van der Waals surface area contributed by atoms with Crippen molar-refractivity contribution in [3.63, 3.8) is 0 Å². The summed E-state index contributed by atoms with van der Waals surface area (Å²) < 4.78 is 7.49. The molecule has 0 aliphatic carbocycles. The van der Waals surface area contributed by atoms with Gasteiger partial charge in [0.05, 0.1) is 18.8 Å². The number of ether oxygens (including phenoxy) is 1. The Balaban J connectivity index is 0.00000392. The molecule has 28 heavy (non-hydrogen) atoms. The highest BCUT2D eigenvalue weighted by atomic mass is 127. The molecule has 156 valence electrons. The Labute approximate surface area is 186 Å². The van der Waals surface area contributed by atoms with Crippen molar-refractivity contribution in [3.8, 4) is 0 Å². The summed E-state index contributed by atoms with van der Waals surface area (Å²) in [6.45, 7) is 12.9. The van der Waals surface area contributed by atoms with Crippen LogP contribution in [0.25, 0.3) is 0 Å². The van der Waals surface area contributed by atoms with E-state index in [-0.39, 0.29) is 24.0 Å². The van der Waals surface area contributed by atoms with Crippen LogP contribution in [-0.2, 0) is 24.4 Å². The predicted octanol–water partition coefficient (Wildman–Crippen LogP) is 3.80. The second-order valence-corrected chi connectivity index (χ2v) is 6.58. The lowest BCUT2D eigenvalue weighted by Gasteiger charge is -2.12. The summed E-state index contributed by atoms with van der Waals surface area (Å²) >= 11 is 0. The van der Waals surface area contributed by atoms with Crippen LogP contribution in [0.15, 0.2) is 35.3 Å². The van der Waals surface area contributed by atoms with Crippen molar-refractivity contribution in [1.82, 2.24) is 20.4 Å². The summed E-state index contributed by atoms with van der Waals surface area (Å²) in [5.41, 5.74) is 4.66. The second kappa shape index (κ2) is 13.5. The Kier molecular flexibility index (Phi) is 11.8. The third-order valence-corrected chi connectivity index (χ3v) is 4.20. The molecule has 2 aromatic rings. The van der Waals surface area contributed by atoms with E-state index in [1.54, 1.807) is 0 Å². The normalized spacial score (nSPS) is 11.2. The minimum absolute atomic E-state index is 0. The molecule has 0 amide bonds. The zero-order valence-corrected chi connectivity index (χ0v) is 19.8. The molecular weight excluding hydrogens is 465 g/mol. The fourth-order valence-corrected chi connectivity index (χ4v) is 2.81. The molecular formula is C21H34IN5O. The molecule has 0 atom stereocenters. The van der Waals surface area contributed by atoms with E-state index < -0.39 is 0 Å². The Bertz CT molecular complexity index is 712. The number of aromatic nitrogens is 2. The number of guanidine groups is 1. The lowest BCUT2D eigenvalue weighted by Crippen LogP contribution is -2.38. The third kappa shape index (κ3) is 8.60.